The van der Waals surface area contributed by atoms with Crippen LogP contribution in [0.2, 0.25) is 0 Å². The van der Waals surface area contributed by atoms with Gasteiger partial charge in [0.05, 0.1) is 12.0 Å². The number of carboxylic acids is 1. The lowest BCUT2D eigenvalue weighted by molar-refractivity contribution is -0.146. The molecule has 0 amide bonds. The highest BCUT2D eigenvalue weighted by molar-refractivity contribution is 7.89. The van der Waals surface area contributed by atoms with Crippen molar-refractivity contribution >= 4 is 16.0 Å². The topological polar surface area (TPSA) is 113 Å². The van der Waals surface area contributed by atoms with Gasteiger partial charge in [0.15, 0.2) is 6.10 Å². The van der Waals surface area contributed by atoms with Gasteiger partial charge in [-0.25, -0.2) is 17.9 Å². The zero-order valence-corrected chi connectivity index (χ0v) is 15.6. The van der Waals surface area contributed by atoms with Crippen molar-refractivity contribution in [1.82, 2.24) is 4.72 Å². The summed E-state index contributed by atoms with van der Waals surface area (Å²) in [6.45, 7) is 0.278. The van der Waals surface area contributed by atoms with E-state index in [4.69, 9.17) is 9.84 Å². The normalized spacial score (nSPS) is 17.3. The molecule has 3 N–H and O–H groups in total. The molecule has 1 aliphatic rings. The van der Waals surface area contributed by atoms with Crippen molar-refractivity contribution in [3.05, 3.63) is 59.2 Å². The molecule has 7 nitrogen and oxygen atoms in total. The SMILES string of the molecule is COc1ccc(S(=O)(=O)NCC2Cc3ccc(C(O)C(=O)O)cc3C2)cc1. The van der Waals surface area contributed by atoms with E-state index >= 15 is 0 Å². The molecule has 0 saturated carbocycles. The van der Waals surface area contributed by atoms with Crippen LogP contribution < -0.4 is 9.46 Å². The first kappa shape index (κ1) is 19.3. The summed E-state index contributed by atoms with van der Waals surface area (Å²) < 4.78 is 32.5. The number of carboxylic acid groups (broad SMARTS) is 1. The molecule has 0 aromatic heterocycles. The third-order valence-electron chi connectivity index (χ3n) is 4.73. The summed E-state index contributed by atoms with van der Waals surface area (Å²) in [5.74, 6) is -0.637. The van der Waals surface area contributed by atoms with Gasteiger partial charge in [-0.3, -0.25) is 0 Å². The standard InChI is InChI=1S/C19H21NO6S/c1-26-16-4-6-17(7-5-16)27(24,25)20-11-12-8-13-2-3-14(10-15(13)9-12)18(21)19(22)23/h2-7,10,12,18,20-21H,8-9,11H2,1H3,(H,22,23). The van der Waals surface area contributed by atoms with Gasteiger partial charge in [-0.05, 0) is 59.7 Å². The van der Waals surface area contributed by atoms with Crippen molar-refractivity contribution in [2.45, 2.75) is 23.8 Å². The maximum absolute atomic E-state index is 12.4. The fraction of sp³-hybridized carbons (Fsp3) is 0.316. The Balaban J connectivity index is 1.64. The highest BCUT2D eigenvalue weighted by Gasteiger charge is 2.25. The van der Waals surface area contributed by atoms with Crippen LogP contribution in [0.3, 0.4) is 0 Å². The third kappa shape index (κ3) is 4.29. The molecule has 0 aliphatic heterocycles. The van der Waals surface area contributed by atoms with E-state index in [2.05, 4.69) is 4.72 Å². The summed E-state index contributed by atoms with van der Waals surface area (Å²) in [4.78, 5) is 11.1. The third-order valence-corrected chi connectivity index (χ3v) is 6.17. The van der Waals surface area contributed by atoms with Gasteiger partial charge >= 0.3 is 5.97 Å². The van der Waals surface area contributed by atoms with Crippen molar-refractivity contribution in [2.75, 3.05) is 13.7 Å². The summed E-state index contributed by atoms with van der Waals surface area (Å²) >= 11 is 0. The Kier molecular flexibility index (Phi) is 5.50. The van der Waals surface area contributed by atoms with Crippen LogP contribution in [0.1, 0.15) is 22.8 Å². The number of aliphatic hydroxyl groups excluding tert-OH is 1. The van der Waals surface area contributed by atoms with Crippen LogP contribution in [0.15, 0.2) is 47.4 Å². The lowest BCUT2D eigenvalue weighted by atomic mass is 10.0. The van der Waals surface area contributed by atoms with E-state index in [-0.39, 0.29) is 17.4 Å². The summed E-state index contributed by atoms with van der Waals surface area (Å²) in [6.07, 6.45) is -0.229. The van der Waals surface area contributed by atoms with Crippen molar-refractivity contribution in [1.29, 1.82) is 0 Å². The molecule has 2 atom stereocenters. The van der Waals surface area contributed by atoms with Gasteiger partial charge in [0.25, 0.3) is 0 Å². The molecule has 1 aliphatic carbocycles. The van der Waals surface area contributed by atoms with Crippen LogP contribution >= 0.6 is 0 Å². The molecule has 27 heavy (non-hydrogen) atoms. The Bertz CT molecular complexity index is 939. The van der Waals surface area contributed by atoms with Crippen molar-refractivity contribution < 1.29 is 28.2 Å². The number of sulfonamides is 1. The van der Waals surface area contributed by atoms with Crippen LogP contribution in [-0.2, 0) is 27.7 Å². The Hall–Kier alpha value is -2.42. The van der Waals surface area contributed by atoms with Crippen molar-refractivity contribution in [2.24, 2.45) is 5.92 Å². The average Bonchev–Trinajstić information content (AvgIpc) is 3.08. The highest BCUT2D eigenvalue weighted by atomic mass is 32.2. The minimum atomic E-state index is -3.62. The molecule has 0 saturated heterocycles. The first-order chi connectivity index (χ1) is 12.8. The first-order valence-corrected chi connectivity index (χ1v) is 9.95. The van der Waals surface area contributed by atoms with E-state index in [0.717, 1.165) is 11.1 Å². The van der Waals surface area contributed by atoms with E-state index in [1.807, 2.05) is 0 Å². The number of ether oxygens (including phenoxy) is 1. The summed E-state index contributed by atoms with van der Waals surface area (Å²) in [5.41, 5.74) is 2.33. The maximum Gasteiger partial charge on any atom is 0.337 e. The van der Waals surface area contributed by atoms with Crippen LogP contribution in [0.4, 0.5) is 0 Å². The Morgan fingerprint density at radius 1 is 1.19 bits per heavy atom. The molecule has 0 radical (unpaired) electrons. The maximum atomic E-state index is 12.4. The number of aliphatic hydroxyl groups is 1. The zero-order valence-electron chi connectivity index (χ0n) is 14.8. The molecule has 0 bridgehead atoms. The van der Waals surface area contributed by atoms with Gasteiger partial charge in [0.2, 0.25) is 10.0 Å². The predicted molar refractivity (Wildman–Crippen MR) is 98.1 cm³/mol. The first-order valence-electron chi connectivity index (χ1n) is 8.46. The molecule has 0 heterocycles. The van der Waals surface area contributed by atoms with Crippen LogP contribution in [0.25, 0.3) is 0 Å². The van der Waals surface area contributed by atoms with E-state index in [9.17, 15) is 18.3 Å². The van der Waals surface area contributed by atoms with Crippen LogP contribution in [0.5, 0.6) is 5.75 Å². The Labute approximate surface area is 157 Å². The average molecular weight is 391 g/mol. The zero-order chi connectivity index (χ0) is 19.6. The smallest absolute Gasteiger partial charge is 0.337 e. The molecule has 2 unspecified atom stereocenters. The lowest BCUT2D eigenvalue weighted by Gasteiger charge is -2.11. The monoisotopic (exact) mass is 391 g/mol. The van der Waals surface area contributed by atoms with E-state index in [0.29, 0.717) is 24.2 Å². The number of methoxy groups -OCH3 is 1. The van der Waals surface area contributed by atoms with Gasteiger partial charge in [-0.2, -0.15) is 0 Å². The Morgan fingerprint density at radius 3 is 2.48 bits per heavy atom. The molecular formula is C19H21NO6S. The van der Waals surface area contributed by atoms with Crippen molar-refractivity contribution in [3.8, 4) is 5.75 Å². The van der Waals surface area contributed by atoms with Crippen LogP contribution in [-0.4, -0.2) is 38.3 Å². The van der Waals surface area contributed by atoms with Crippen molar-refractivity contribution in [3.63, 3.8) is 0 Å². The largest absolute Gasteiger partial charge is 0.497 e. The van der Waals surface area contributed by atoms with Gasteiger partial charge in [0.1, 0.15) is 5.75 Å². The number of hydrogen-bond donors (Lipinski definition) is 3. The fourth-order valence-corrected chi connectivity index (χ4v) is 4.37. The van der Waals surface area contributed by atoms with E-state index in [1.165, 1.54) is 19.2 Å². The van der Waals surface area contributed by atoms with E-state index < -0.39 is 22.1 Å². The second kappa shape index (κ2) is 7.67. The fourth-order valence-electron chi connectivity index (χ4n) is 3.25. The van der Waals surface area contributed by atoms with E-state index in [1.54, 1.807) is 30.3 Å². The van der Waals surface area contributed by atoms with Gasteiger partial charge in [0, 0.05) is 6.54 Å². The number of carbonyl (C=O) groups is 1. The number of benzene rings is 2. The summed E-state index contributed by atoms with van der Waals surface area (Å²) in [7, 11) is -2.10. The number of nitrogens with one attached hydrogen (secondary N) is 1. The highest BCUT2D eigenvalue weighted by Crippen LogP contribution is 2.29. The second-order valence-corrected chi connectivity index (χ2v) is 8.34. The number of hydrogen-bond acceptors (Lipinski definition) is 5. The number of rotatable bonds is 7. The molecule has 2 aromatic carbocycles. The minimum absolute atomic E-state index is 0.0743. The second-order valence-electron chi connectivity index (χ2n) is 6.57. The molecule has 0 fully saturated rings. The molecular weight excluding hydrogens is 370 g/mol. The minimum Gasteiger partial charge on any atom is -0.497 e. The van der Waals surface area contributed by atoms with Gasteiger partial charge in [-0.1, -0.05) is 18.2 Å². The lowest BCUT2D eigenvalue weighted by Crippen LogP contribution is -2.29. The van der Waals surface area contributed by atoms with Gasteiger partial charge in [-0.15, -0.1) is 0 Å². The quantitative estimate of drug-likeness (QED) is 0.659. The molecule has 8 heteroatoms. The van der Waals surface area contributed by atoms with Gasteiger partial charge < -0.3 is 14.9 Å². The number of fused-ring (bicyclic) bond motifs is 1. The number of aliphatic carboxylic acids is 1. The summed E-state index contributed by atoms with van der Waals surface area (Å²) in [6, 6.07) is 11.3. The molecule has 144 valence electrons. The predicted octanol–water partition coefficient (Wildman–Crippen LogP) is 1.51. The Morgan fingerprint density at radius 2 is 1.85 bits per heavy atom. The van der Waals surface area contributed by atoms with Crippen LogP contribution in [0, 0.1) is 5.92 Å². The molecule has 0 spiro atoms. The molecule has 2 aromatic rings. The summed E-state index contributed by atoms with van der Waals surface area (Å²) in [5, 5.41) is 18.6. The molecule has 3 rings (SSSR count).